The van der Waals surface area contributed by atoms with E-state index in [1.54, 1.807) is 20.8 Å². The van der Waals surface area contributed by atoms with Crippen molar-refractivity contribution in [1.82, 2.24) is 0 Å². The molecule has 0 aromatic rings. The van der Waals surface area contributed by atoms with E-state index in [2.05, 4.69) is 10.2 Å². The second-order valence-corrected chi connectivity index (χ2v) is 7.04. The quantitative estimate of drug-likeness (QED) is 0.318. The molecule has 0 bridgehead atoms. The van der Waals surface area contributed by atoms with Gasteiger partial charge in [0.2, 0.25) is 0 Å². The summed E-state index contributed by atoms with van der Waals surface area (Å²) < 4.78 is 10.5. The lowest BCUT2D eigenvalue weighted by atomic mass is 9.89. The van der Waals surface area contributed by atoms with Crippen molar-refractivity contribution in [2.45, 2.75) is 85.2 Å². The number of nitrogens with zero attached hydrogens (tertiary/aromatic N) is 2. The first-order valence-corrected chi connectivity index (χ1v) is 8.90. The Morgan fingerprint density at radius 1 is 0.875 bits per heavy atom. The summed E-state index contributed by atoms with van der Waals surface area (Å²) >= 11 is 0. The molecule has 0 fully saturated rings. The fourth-order valence-electron chi connectivity index (χ4n) is 1.60. The first-order valence-electron chi connectivity index (χ1n) is 8.90. The van der Waals surface area contributed by atoms with E-state index in [1.807, 2.05) is 27.7 Å². The smallest absolute Gasteiger partial charge is 0.335 e. The third kappa shape index (κ3) is 6.97. The highest BCUT2D eigenvalue weighted by atomic mass is 16.5. The van der Waals surface area contributed by atoms with Crippen LogP contribution in [0.5, 0.6) is 0 Å². The predicted molar refractivity (Wildman–Crippen MR) is 93.9 cm³/mol. The van der Waals surface area contributed by atoms with E-state index in [4.69, 9.17) is 9.47 Å². The Morgan fingerprint density at radius 3 is 1.75 bits per heavy atom. The maximum atomic E-state index is 12.4. The molecule has 1 unspecified atom stereocenters. The van der Waals surface area contributed by atoms with Gasteiger partial charge in [0, 0.05) is 0 Å². The average Bonchev–Trinajstić information content (AvgIpc) is 2.52. The average molecular weight is 342 g/mol. The van der Waals surface area contributed by atoms with Gasteiger partial charge in [-0.2, -0.15) is 10.2 Å². The van der Waals surface area contributed by atoms with E-state index in [-0.39, 0.29) is 5.92 Å². The van der Waals surface area contributed by atoms with E-state index in [9.17, 15) is 9.59 Å². The SMILES string of the molecule is CCCCOC(=O)C(C)(C)N=NC(C)(C(=O)OCCCC)C(C)C. The van der Waals surface area contributed by atoms with Gasteiger partial charge in [-0.1, -0.05) is 40.5 Å². The topological polar surface area (TPSA) is 77.3 Å². The van der Waals surface area contributed by atoms with Crippen molar-refractivity contribution in [2.24, 2.45) is 16.1 Å². The number of rotatable bonds is 11. The van der Waals surface area contributed by atoms with Gasteiger partial charge in [-0.25, -0.2) is 9.59 Å². The van der Waals surface area contributed by atoms with E-state index < -0.39 is 23.0 Å². The molecule has 0 aromatic heterocycles. The molecule has 6 heteroatoms. The van der Waals surface area contributed by atoms with Crippen molar-refractivity contribution in [1.29, 1.82) is 0 Å². The van der Waals surface area contributed by atoms with Crippen LogP contribution < -0.4 is 0 Å². The summed E-state index contributed by atoms with van der Waals surface area (Å²) in [5, 5.41) is 8.33. The molecule has 0 radical (unpaired) electrons. The van der Waals surface area contributed by atoms with Crippen molar-refractivity contribution in [3.8, 4) is 0 Å². The molecule has 0 aliphatic heterocycles. The summed E-state index contributed by atoms with van der Waals surface area (Å²) in [6.07, 6.45) is 3.52. The van der Waals surface area contributed by atoms with Crippen LogP contribution in [0.4, 0.5) is 0 Å². The van der Waals surface area contributed by atoms with Gasteiger partial charge >= 0.3 is 11.9 Å². The summed E-state index contributed by atoms with van der Waals surface area (Å²) in [7, 11) is 0. The van der Waals surface area contributed by atoms with Crippen LogP contribution in [0, 0.1) is 5.92 Å². The van der Waals surface area contributed by atoms with Crippen LogP contribution in [0.2, 0.25) is 0 Å². The first-order chi connectivity index (χ1) is 11.1. The third-order valence-electron chi connectivity index (χ3n) is 4.01. The van der Waals surface area contributed by atoms with Crippen molar-refractivity contribution in [3.05, 3.63) is 0 Å². The lowest BCUT2D eigenvalue weighted by Gasteiger charge is -2.27. The standard InChI is InChI=1S/C18H34N2O4/c1-8-10-12-23-15(21)17(5,6)19-20-18(7,14(3)4)16(22)24-13-11-9-2/h14H,8-13H2,1-7H3. The van der Waals surface area contributed by atoms with E-state index in [0.29, 0.717) is 13.2 Å². The van der Waals surface area contributed by atoms with Gasteiger partial charge in [0.25, 0.3) is 0 Å². The molecule has 6 nitrogen and oxygen atoms in total. The van der Waals surface area contributed by atoms with Crippen LogP contribution in [0.25, 0.3) is 0 Å². The van der Waals surface area contributed by atoms with Gasteiger partial charge in [0.15, 0.2) is 11.1 Å². The van der Waals surface area contributed by atoms with Crippen LogP contribution in [0.15, 0.2) is 10.2 Å². The Hall–Kier alpha value is -1.46. The van der Waals surface area contributed by atoms with E-state index in [1.165, 1.54) is 0 Å². The summed E-state index contributed by atoms with van der Waals surface area (Å²) in [5.41, 5.74) is -2.25. The second-order valence-electron chi connectivity index (χ2n) is 7.04. The van der Waals surface area contributed by atoms with Crippen LogP contribution in [0.3, 0.4) is 0 Å². The normalized spacial score (nSPS) is 14.7. The van der Waals surface area contributed by atoms with E-state index in [0.717, 1.165) is 25.7 Å². The van der Waals surface area contributed by atoms with Crippen LogP contribution in [-0.4, -0.2) is 36.2 Å². The minimum Gasteiger partial charge on any atom is -0.464 e. The molecular weight excluding hydrogens is 308 g/mol. The fraction of sp³-hybridized carbons (Fsp3) is 0.889. The summed E-state index contributed by atoms with van der Waals surface area (Å²) in [5.74, 6) is -0.961. The van der Waals surface area contributed by atoms with Crippen molar-refractivity contribution < 1.29 is 19.1 Å². The third-order valence-corrected chi connectivity index (χ3v) is 4.01. The maximum Gasteiger partial charge on any atom is 0.335 e. The molecule has 0 aliphatic carbocycles. The zero-order valence-electron chi connectivity index (χ0n) is 16.3. The largest absolute Gasteiger partial charge is 0.464 e. The van der Waals surface area contributed by atoms with Gasteiger partial charge in [0.05, 0.1) is 13.2 Å². The van der Waals surface area contributed by atoms with E-state index >= 15 is 0 Å². The Morgan fingerprint density at radius 2 is 1.33 bits per heavy atom. The van der Waals surface area contributed by atoms with Crippen molar-refractivity contribution >= 4 is 11.9 Å². The van der Waals surface area contributed by atoms with Crippen LogP contribution >= 0.6 is 0 Å². The van der Waals surface area contributed by atoms with Crippen molar-refractivity contribution in [3.63, 3.8) is 0 Å². The molecule has 0 heterocycles. The molecule has 0 aliphatic rings. The molecule has 0 spiro atoms. The van der Waals surface area contributed by atoms with Crippen LogP contribution in [-0.2, 0) is 19.1 Å². The molecule has 0 amide bonds. The number of carbonyl (C=O) groups is 2. The fourth-order valence-corrected chi connectivity index (χ4v) is 1.60. The van der Waals surface area contributed by atoms with Gasteiger partial charge in [-0.3, -0.25) is 0 Å². The minimum absolute atomic E-state index is 0.109. The number of hydrogen-bond donors (Lipinski definition) is 0. The molecule has 0 saturated heterocycles. The highest BCUT2D eigenvalue weighted by molar-refractivity contribution is 5.81. The molecule has 0 rings (SSSR count). The van der Waals surface area contributed by atoms with Gasteiger partial charge in [-0.15, -0.1) is 0 Å². The van der Waals surface area contributed by atoms with Crippen LogP contribution in [0.1, 0.15) is 74.1 Å². The molecule has 0 saturated carbocycles. The van der Waals surface area contributed by atoms with Gasteiger partial charge in [-0.05, 0) is 39.5 Å². The van der Waals surface area contributed by atoms with Gasteiger partial charge < -0.3 is 9.47 Å². The maximum absolute atomic E-state index is 12.4. The molecular formula is C18H34N2O4. The number of carbonyl (C=O) groups excluding carboxylic acids is 2. The zero-order chi connectivity index (χ0) is 18.8. The molecule has 0 aromatic carbocycles. The molecule has 1 atom stereocenters. The number of esters is 2. The zero-order valence-corrected chi connectivity index (χ0v) is 16.3. The number of ether oxygens (including phenoxy) is 2. The Bertz CT molecular complexity index is 433. The van der Waals surface area contributed by atoms with Crippen molar-refractivity contribution in [2.75, 3.05) is 13.2 Å². The second kappa shape index (κ2) is 10.4. The lowest BCUT2D eigenvalue weighted by molar-refractivity contribution is -0.153. The number of unbranched alkanes of at least 4 members (excludes halogenated alkanes) is 2. The van der Waals surface area contributed by atoms with Gasteiger partial charge in [0.1, 0.15) is 0 Å². The minimum atomic E-state index is -1.13. The molecule has 0 N–H and O–H groups in total. The number of hydrogen-bond acceptors (Lipinski definition) is 6. The Balaban J connectivity index is 5.04. The first kappa shape index (κ1) is 22.5. The monoisotopic (exact) mass is 342 g/mol. The number of azo groups is 1. The Labute approximate surface area is 146 Å². The molecule has 140 valence electrons. The highest BCUT2D eigenvalue weighted by Gasteiger charge is 2.40. The highest BCUT2D eigenvalue weighted by Crippen LogP contribution is 2.26. The summed E-state index contributed by atoms with van der Waals surface area (Å²) in [4.78, 5) is 24.5. The molecule has 24 heavy (non-hydrogen) atoms. The predicted octanol–water partition coefficient (Wildman–Crippen LogP) is 4.32. The summed E-state index contributed by atoms with van der Waals surface area (Å²) in [6.45, 7) is 13.5. The Kier molecular flexibility index (Phi) is 9.78. The summed E-state index contributed by atoms with van der Waals surface area (Å²) in [6, 6.07) is 0. The lowest BCUT2D eigenvalue weighted by Crippen LogP contribution is -2.41.